The number of cyclic esters (lactones) is 1. The number of halogens is 1. The first-order chi connectivity index (χ1) is 13.9. The van der Waals surface area contributed by atoms with E-state index in [0.29, 0.717) is 23.3 Å². The van der Waals surface area contributed by atoms with Gasteiger partial charge < -0.3 is 25.1 Å². The van der Waals surface area contributed by atoms with Gasteiger partial charge in [-0.05, 0) is 41.8 Å². The number of rotatable bonds is 8. The maximum absolute atomic E-state index is 12.0. The molecule has 0 saturated carbocycles. The normalized spacial score (nSPS) is 14.5. The van der Waals surface area contributed by atoms with E-state index in [4.69, 9.17) is 19.9 Å². The van der Waals surface area contributed by atoms with Crippen LogP contribution < -0.4 is 5.73 Å². The lowest BCUT2D eigenvalue weighted by Crippen LogP contribution is -2.35. The number of phenolic OH excluding ortho intramolecular Hbond substituents is 1. The van der Waals surface area contributed by atoms with Gasteiger partial charge in [0.15, 0.2) is 0 Å². The lowest BCUT2D eigenvalue weighted by atomic mass is 10.1. The second kappa shape index (κ2) is 9.58. The fraction of sp³-hybridized carbons (Fsp3) is 0.238. The third-order valence-electron chi connectivity index (χ3n) is 4.25. The summed E-state index contributed by atoms with van der Waals surface area (Å²) in [4.78, 5) is 24.0. The summed E-state index contributed by atoms with van der Waals surface area (Å²) in [5.41, 5.74) is 7.74. The van der Waals surface area contributed by atoms with Crippen LogP contribution in [0.3, 0.4) is 0 Å². The van der Waals surface area contributed by atoms with Crippen LogP contribution in [0.5, 0.6) is 5.75 Å². The van der Waals surface area contributed by atoms with E-state index in [1.165, 1.54) is 12.1 Å². The van der Waals surface area contributed by atoms with Crippen molar-refractivity contribution in [2.75, 3.05) is 19.8 Å². The molecule has 0 spiro atoms. The molecule has 1 heterocycles. The molecule has 0 bridgehead atoms. The van der Waals surface area contributed by atoms with Crippen molar-refractivity contribution in [1.82, 2.24) is 0 Å². The molecule has 152 valence electrons. The first-order valence-electron chi connectivity index (χ1n) is 8.93. The molecule has 0 unspecified atom stereocenters. The van der Waals surface area contributed by atoms with Crippen molar-refractivity contribution in [2.24, 2.45) is 5.73 Å². The summed E-state index contributed by atoms with van der Waals surface area (Å²) in [6.07, 6.45) is 0.293. The van der Waals surface area contributed by atoms with E-state index in [2.05, 4.69) is 15.9 Å². The Kier molecular flexibility index (Phi) is 6.90. The minimum atomic E-state index is -0.825. The standard InChI is InChI=1S/C21H20BrNO6/c22-15-5-3-14(4-6-15)19-18(12-29-21(19)26)27-9-10-28-20(25)17(23)11-13-1-7-16(24)8-2-13/h1-8,17,24H,9-12,23H2/t17-/m0/s1. The Balaban J connectivity index is 1.49. The van der Waals surface area contributed by atoms with E-state index in [1.54, 1.807) is 24.3 Å². The molecule has 1 atom stereocenters. The molecular formula is C21H20BrNO6. The third-order valence-corrected chi connectivity index (χ3v) is 4.78. The molecule has 1 aliphatic rings. The van der Waals surface area contributed by atoms with Crippen molar-refractivity contribution in [1.29, 1.82) is 0 Å². The Hall–Kier alpha value is -2.84. The first kappa shape index (κ1) is 20.9. The van der Waals surface area contributed by atoms with Gasteiger partial charge in [0.2, 0.25) is 0 Å². The van der Waals surface area contributed by atoms with Crippen molar-refractivity contribution in [3.63, 3.8) is 0 Å². The molecule has 0 aliphatic carbocycles. The zero-order valence-corrected chi connectivity index (χ0v) is 17.1. The molecule has 3 N–H and O–H groups in total. The van der Waals surface area contributed by atoms with Crippen LogP contribution >= 0.6 is 15.9 Å². The van der Waals surface area contributed by atoms with E-state index in [1.807, 2.05) is 12.1 Å². The van der Waals surface area contributed by atoms with Gasteiger partial charge in [-0.2, -0.15) is 0 Å². The monoisotopic (exact) mass is 461 g/mol. The number of phenols is 1. The first-order valence-corrected chi connectivity index (χ1v) is 9.72. The van der Waals surface area contributed by atoms with Crippen LogP contribution in [0.4, 0.5) is 0 Å². The molecule has 7 nitrogen and oxygen atoms in total. The maximum atomic E-state index is 12.0. The molecule has 2 aromatic carbocycles. The van der Waals surface area contributed by atoms with E-state index in [0.717, 1.165) is 10.0 Å². The quantitative estimate of drug-likeness (QED) is 0.459. The number of hydrogen-bond donors (Lipinski definition) is 2. The van der Waals surface area contributed by atoms with Crippen molar-refractivity contribution in [3.05, 3.63) is 69.9 Å². The molecule has 0 aromatic heterocycles. The maximum Gasteiger partial charge on any atom is 0.342 e. The van der Waals surface area contributed by atoms with Gasteiger partial charge in [-0.25, -0.2) is 4.79 Å². The molecule has 2 aromatic rings. The fourth-order valence-corrected chi connectivity index (χ4v) is 3.05. The molecule has 0 radical (unpaired) electrons. The third kappa shape index (κ3) is 5.58. The Labute approximate surface area is 176 Å². The Bertz CT molecular complexity index is 908. The summed E-state index contributed by atoms with van der Waals surface area (Å²) < 4.78 is 16.7. The summed E-state index contributed by atoms with van der Waals surface area (Å²) in [7, 11) is 0. The number of hydrogen-bond acceptors (Lipinski definition) is 7. The Morgan fingerprint density at radius 3 is 2.52 bits per heavy atom. The molecule has 1 aliphatic heterocycles. The van der Waals surface area contributed by atoms with Gasteiger partial charge in [-0.15, -0.1) is 0 Å². The van der Waals surface area contributed by atoms with Gasteiger partial charge >= 0.3 is 11.9 Å². The predicted molar refractivity (Wildman–Crippen MR) is 109 cm³/mol. The highest BCUT2D eigenvalue weighted by molar-refractivity contribution is 9.10. The lowest BCUT2D eigenvalue weighted by molar-refractivity contribution is -0.146. The zero-order chi connectivity index (χ0) is 20.8. The fourth-order valence-electron chi connectivity index (χ4n) is 2.78. The van der Waals surface area contributed by atoms with Gasteiger partial charge in [-0.3, -0.25) is 4.79 Å². The number of carbonyl (C=O) groups excluding carboxylic acids is 2. The molecule has 3 rings (SSSR count). The highest BCUT2D eigenvalue weighted by Crippen LogP contribution is 2.28. The van der Waals surface area contributed by atoms with Crippen molar-refractivity contribution in [2.45, 2.75) is 12.5 Å². The SMILES string of the molecule is N[C@@H](Cc1ccc(O)cc1)C(=O)OCCOC1=C(c2ccc(Br)cc2)C(=O)OC1. The number of nitrogens with two attached hydrogens (primary N) is 1. The van der Waals surface area contributed by atoms with Crippen LogP contribution in [-0.4, -0.2) is 42.9 Å². The van der Waals surface area contributed by atoms with Crippen LogP contribution in [0.15, 0.2) is 58.8 Å². The molecule has 0 fully saturated rings. The Morgan fingerprint density at radius 1 is 1.14 bits per heavy atom. The van der Waals surface area contributed by atoms with Crippen LogP contribution in [0.25, 0.3) is 5.57 Å². The van der Waals surface area contributed by atoms with Crippen LogP contribution in [0, 0.1) is 0 Å². The highest BCUT2D eigenvalue weighted by Gasteiger charge is 2.28. The van der Waals surface area contributed by atoms with Gasteiger partial charge in [0.1, 0.15) is 42.9 Å². The van der Waals surface area contributed by atoms with Crippen LogP contribution in [-0.2, 0) is 30.2 Å². The van der Waals surface area contributed by atoms with Crippen LogP contribution in [0.2, 0.25) is 0 Å². The van der Waals surface area contributed by atoms with Crippen molar-refractivity contribution >= 4 is 33.4 Å². The van der Waals surface area contributed by atoms with Crippen molar-refractivity contribution < 1.29 is 28.9 Å². The van der Waals surface area contributed by atoms with Crippen LogP contribution in [0.1, 0.15) is 11.1 Å². The van der Waals surface area contributed by atoms with E-state index in [9.17, 15) is 14.7 Å². The number of ether oxygens (including phenoxy) is 3. The Morgan fingerprint density at radius 2 is 1.83 bits per heavy atom. The summed E-state index contributed by atoms with van der Waals surface area (Å²) >= 11 is 3.35. The summed E-state index contributed by atoms with van der Waals surface area (Å²) in [6, 6.07) is 12.8. The van der Waals surface area contributed by atoms with Gasteiger partial charge in [-0.1, -0.05) is 40.2 Å². The van der Waals surface area contributed by atoms with Gasteiger partial charge in [0, 0.05) is 4.47 Å². The zero-order valence-electron chi connectivity index (χ0n) is 15.5. The van der Waals surface area contributed by atoms with E-state index in [-0.39, 0.29) is 25.6 Å². The largest absolute Gasteiger partial charge is 0.508 e. The summed E-state index contributed by atoms with van der Waals surface area (Å²) in [6.45, 7) is 0.107. The molecule has 8 heteroatoms. The minimum absolute atomic E-state index is 0.00653. The number of carbonyl (C=O) groups is 2. The number of esters is 2. The average molecular weight is 462 g/mol. The highest BCUT2D eigenvalue weighted by atomic mass is 79.9. The topological polar surface area (TPSA) is 108 Å². The lowest BCUT2D eigenvalue weighted by Gasteiger charge is -2.12. The van der Waals surface area contributed by atoms with Gasteiger partial charge in [0.05, 0.1) is 0 Å². The smallest absolute Gasteiger partial charge is 0.342 e. The van der Waals surface area contributed by atoms with E-state index >= 15 is 0 Å². The average Bonchev–Trinajstić information content (AvgIpc) is 3.08. The molecule has 0 amide bonds. The predicted octanol–water partition coefficient (Wildman–Crippen LogP) is 2.55. The molecular weight excluding hydrogens is 442 g/mol. The summed E-state index contributed by atoms with van der Waals surface area (Å²) in [5.74, 6) is -0.451. The second-order valence-corrected chi connectivity index (χ2v) is 7.29. The van der Waals surface area contributed by atoms with E-state index < -0.39 is 18.0 Å². The molecule has 0 saturated heterocycles. The van der Waals surface area contributed by atoms with Gasteiger partial charge in [0.25, 0.3) is 0 Å². The number of benzene rings is 2. The molecule has 29 heavy (non-hydrogen) atoms. The summed E-state index contributed by atoms with van der Waals surface area (Å²) in [5, 5.41) is 9.28. The second-order valence-electron chi connectivity index (χ2n) is 6.37. The number of aromatic hydroxyl groups is 1. The van der Waals surface area contributed by atoms with Crippen molar-refractivity contribution in [3.8, 4) is 5.75 Å². The minimum Gasteiger partial charge on any atom is -0.508 e.